The van der Waals surface area contributed by atoms with E-state index < -0.39 is 18.1 Å². The molecule has 2 aromatic heterocycles. The Morgan fingerprint density at radius 2 is 2.12 bits per heavy atom. The van der Waals surface area contributed by atoms with Crippen LogP contribution in [0.4, 0.5) is 9.39 Å². The number of methoxy groups -OCH3 is 1. The van der Waals surface area contributed by atoms with Gasteiger partial charge in [-0.1, -0.05) is 0 Å². The van der Waals surface area contributed by atoms with Gasteiger partial charge in [-0.2, -0.15) is 9.78 Å². The molecule has 0 saturated heterocycles. The summed E-state index contributed by atoms with van der Waals surface area (Å²) in [5.74, 6) is 0.0524. The average Bonchev–Trinajstić information content (AvgIpc) is 3.02. The van der Waals surface area contributed by atoms with Crippen molar-refractivity contribution in [2.75, 3.05) is 26.1 Å². The van der Waals surface area contributed by atoms with E-state index in [4.69, 9.17) is 10.5 Å². The number of carbonyl (C=O) groups is 1. The molecular weight excluding hydrogens is 347 g/mol. The second-order valence-electron chi connectivity index (χ2n) is 5.10. The number of ether oxygens (including phenoxy) is 1. The van der Waals surface area contributed by atoms with Gasteiger partial charge >= 0.3 is 0 Å². The Labute approximate surface area is 145 Å². The molecule has 3 N–H and O–H groups in total. The number of thiophene rings is 1. The molecule has 0 aliphatic rings. The van der Waals surface area contributed by atoms with Crippen molar-refractivity contribution >= 4 is 33.0 Å². The summed E-state index contributed by atoms with van der Waals surface area (Å²) in [6.45, 7) is -0.831. The van der Waals surface area contributed by atoms with Gasteiger partial charge in [0.1, 0.15) is 12.4 Å². The summed E-state index contributed by atoms with van der Waals surface area (Å²) in [5, 5.41) is 9.06. The molecule has 2 heterocycles. The van der Waals surface area contributed by atoms with Crippen LogP contribution in [-0.2, 0) is 0 Å². The highest BCUT2D eigenvalue weighted by Gasteiger charge is 2.20. The van der Waals surface area contributed by atoms with Gasteiger partial charge in [-0.15, -0.1) is 11.3 Å². The van der Waals surface area contributed by atoms with Gasteiger partial charge in [-0.3, -0.25) is 9.59 Å². The van der Waals surface area contributed by atoms with Gasteiger partial charge in [0.25, 0.3) is 11.5 Å². The lowest BCUT2D eigenvalue weighted by molar-refractivity contribution is 0.0946. The molecule has 0 radical (unpaired) electrons. The molecule has 0 saturated carbocycles. The van der Waals surface area contributed by atoms with Gasteiger partial charge in [0.05, 0.1) is 23.2 Å². The molecule has 0 spiro atoms. The number of rotatable bonds is 5. The topological polar surface area (TPSA) is 99.2 Å². The highest BCUT2D eigenvalue weighted by atomic mass is 32.1. The van der Waals surface area contributed by atoms with Crippen molar-refractivity contribution in [3.63, 3.8) is 0 Å². The van der Waals surface area contributed by atoms with Crippen LogP contribution in [0, 0.1) is 0 Å². The normalized spacial score (nSPS) is 10.8. The Balaban J connectivity index is 2.21. The van der Waals surface area contributed by atoms with Crippen LogP contribution in [0.15, 0.2) is 34.4 Å². The van der Waals surface area contributed by atoms with Crippen LogP contribution in [0.1, 0.15) is 10.5 Å². The van der Waals surface area contributed by atoms with Gasteiger partial charge in [0.2, 0.25) is 0 Å². The first-order chi connectivity index (χ1) is 12.1. The first kappa shape index (κ1) is 16.9. The number of anilines is 1. The SMILES string of the molecule is COc1ccc(-n2nc(C(=O)NCCF)c3csc(N)c3c2=O)cc1. The van der Waals surface area contributed by atoms with Crippen LogP contribution in [-0.4, -0.2) is 36.0 Å². The fraction of sp³-hybridized carbons (Fsp3) is 0.188. The lowest BCUT2D eigenvalue weighted by atomic mass is 10.2. The number of nitrogens with zero attached hydrogens (tertiary/aromatic N) is 2. The summed E-state index contributed by atoms with van der Waals surface area (Å²) in [4.78, 5) is 25.1. The van der Waals surface area contributed by atoms with Crippen LogP contribution in [0.3, 0.4) is 0 Å². The number of amides is 1. The van der Waals surface area contributed by atoms with E-state index in [1.807, 2.05) is 0 Å². The van der Waals surface area contributed by atoms with Crippen molar-refractivity contribution < 1.29 is 13.9 Å². The number of fused-ring (bicyclic) bond motifs is 1. The van der Waals surface area contributed by atoms with Crippen LogP contribution in [0.2, 0.25) is 0 Å². The number of aromatic nitrogens is 2. The zero-order valence-electron chi connectivity index (χ0n) is 13.3. The quantitative estimate of drug-likeness (QED) is 0.720. The van der Waals surface area contributed by atoms with Crippen LogP contribution in [0.5, 0.6) is 5.75 Å². The Morgan fingerprint density at radius 1 is 1.40 bits per heavy atom. The van der Waals surface area contributed by atoms with Gasteiger partial charge < -0.3 is 15.8 Å². The second-order valence-corrected chi connectivity index (χ2v) is 6.01. The number of hydrogen-bond donors (Lipinski definition) is 2. The molecule has 1 aromatic carbocycles. The predicted octanol–water partition coefficient (Wildman–Crippen LogP) is 1.74. The largest absolute Gasteiger partial charge is 0.497 e. The molecule has 7 nitrogen and oxygen atoms in total. The van der Waals surface area contributed by atoms with E-state index in [9.17, 15) is 14.0 Å². The highest BCUT2D eigenvalue weighted by molar-refractivity contribution is 7.15. The minimum Gasteiger partial charge on any atom is -0.497 e. The van der Waals surface area contributed by atoms with E-state index in [1.165, 1.54) is 7.11 Å². The Kier molecular flexibility index (Phi) is 4.66. The van der Waals surface area contributed by atoms with Crippen LogP contribution < -0.4 is 21.3 Å². The minimum absolute atomic E-state index is 0.0202. The first-order valence-corrected chi connectivity index (χ1v) is 8.23. The standard InChI is InChI=1S/C16H15FN4O3S/c1-24-10-4-2-9(3-5-10)21-16(23)12-11(8-25-14(12)18)13(20-21)15(22)19-7-6-17/h2-5,8H,6-7,18H2,1H3,(H,19,22). The van der Waals surface area contributed by atoms with Crippen LogP contribution in [0.25, 0.3) is 16.5 Å². The van der Waals surface area contributed by atoms with Crippen molar-refractivity contribution in [3.8, 4) is 11.4 Å². The number of carbonyl (C=O) groups excluding carboxylic acids is 1. The van der Waals surface area contributed by atoms with Crippen molar-refractivity contribution in [2.45, 2.75) is 0 Å². The number of halogens is 1. The molecule has 3 rings (SSSR count). The number of nitrogens with two attached hydrogens (primary N) is 1. The van der Waals surface area contributed by atoms with Crippen LogP contribution >= 0.6 is 11.3 Å². The fourth-order valence-corrected chi connectivity index (χ4v) is 3.17. The zero-order chi connectivity index (χ0) is 18.0. The summed E-state index contributed by atoms with van der Waals surface area (Å²) in [6, 6.07) is 6.64. The molecule has 0 aliphatic heterocycles. The molecule has 3 aromatic rings. The van der Waals surface area contributed by atoms with Gasteiger partial charge in [-0.05, 0) is 24.3 Å². The number of hydrogen-bond acceptors (Lipinski definition) is 6. The maximum absolute atomic E-state index is 12.8. The molecule has 130 valence electrons. The number of nitrogens with one attached hydrogen (secondary N) is 1. The molecule has 9 heteroatoms. The summed E-state index contributed by atoms with van der Waals surface area (Å²) in [7, 11) is 1.53. The minimum atomic E-state index is -0.696. The maximum Gasteiger partial charge on any atom is 0.282 e. The summed E-state index contributed by atoms with van der Waals surface area (Å²) in [5.41, 5.74) is 5.95. The zero-order valence-corrected chi connectivity index (χ0v) is 14.1. The van der Waals surface area contributed by atoms with Crippen molar-refractivity contribution in [3.05, 3.63) is 45.7 Å². The highest BCUT2D eigenvalue weighted by Crippen LogP contribution is 2.27. The fourth-order valence-electron chi connectivity index (χ4n) is 2.38. The predicted molar refractivity (Wildman–Crippen MR) is 94.5 cm³/mol. The van der Waals surface area contributed by atoms with Crippen molar-refractivity contribution in [2.24, 2.45) is 0 Å². The first-order valence-electron chi connectivity index (χ1n) is 7.35. The molecule has 0 fully saturated rings. The monoisotopic (exact) mass is 362 g/mol. The van der Waals surface area contributed by atoms with E-state index in [0.717, 1.165) is 16.0 Å². The maximum atomic E-state index is 12.8. The second kappa shape index (κ2) is 6.89. The summed E-state index contributed by atoms with van der Waals surface area (Å²) in [6.07, 6.45) is 0. The van der Waals surface area contributed by atoms with E-state index in [-0.39, 0.29) is 17.6 Å². The third-order valence-electron chi connectivity index (χ3n) is 3.59. The third-order valence-corrected chi connectivity index (χ3v) is 4.40. The number of nitrogen functional groups attached to an aromatic ring is 1. The molecule has 0 atom stereocenters. The van der Waals surface area contributed by atoms with Crippen molar-refractivity contribution in [1.29, 1.82) is 0 Å². The smallest absolute Gasteiger partial charge is 0.282 e. The molecular formula is C16H15FN4O3S. The van der Waals surface area contributed by atoms with E-state index in [2.05, 4.69) is 10.4 Å². The number of benzene rings is 1. The van der Waals surface area contributed by atoms with Gasteiger partial charge in [0.15, 0.2) is 5.69 Å². The third kappa shape index (κ3) is 3.05. The summed E-state index contributed by atoms with van der Waals surface area (Å²) < 4.78 is 18.5. The average molecular weight is 362 g/mol. The molecule has 0 bridgehead atoms. The van der Waals surface area contributed by atoms with E-state index in [0.29, 0.717) is 21.8 Å². The Morgan fingerprint density at radius 3 is 2.76 bits per heavy atom. The Hall–Kier alpha value is -2.94. The van der Waals surface area contributed by atoms with Gasteiger partial charge in [-0.25, -0.2) is 4.39 Å². The molecule has 0 unspecified atom stereocenters. The van der Waals surface area contributed by atoms with Crippen molar-refractivity contribution in [1.82, 2.24) is 15.1 Å². The Bertz CT molecular complexity index is 981. The number of alkyl halides is 1. The molecule has 0 aliphatic carbocycles. The van der Waals surface area contributed by atoms with E-state index >= 15 is 0 Å². The lowest BCUT2D eigenvalue weighted by Gasteiger charge is -2.10. The molecule has 25 heavy (non-hydrogen) atoms. The summed E-state index contributed by atoms with van der Waals surface area (Å²) >= 11 is 1.15. The van der Waals surface area contributed by atoms with Gasteiger partial charge in [0, 0.05) is 17.3 Å². The molecule has 1 amide bonds. The lowest BCUT2D eigenvalue weighted by Crippen LogP contribution is -2.30. The van der Waals surface area contributed by atoms with E-state index in [1.54, 1.807) is 29.6 Å².